The number of hydrogen-bond donors (Lipinski definition) is 1. The second-order valence-electron chi connectivity index (χ2n) is 4.59. The molecule has 2 heterocycles. The first kappa shape index (κ1) is 11.9. The molecule has 1 N–H and O–H groups in total. The first-order valence-electron chi connectivity index (χ1n) is 6.42. The van der Waals surface area contributed by atoms with Crippen LogP contribution < -0.4 is 14.8 Å². The monoisotopic (exact) mass is 259 g/mol. The normalized spacial score (nSPS) is 13.9. The van der Waals surface area contributed by atoms with E-state index >= 15 is 0 Å². The summed E-state index contributed by atoms with van der Waals surface area (Å²) in [5.41, 5.74) is 2.17. The second kappa shape index (κ2) is 5.22. The van der Waals surface area contributed by atoms with Crippen molar-refractivity contribution in [3.05, 3.63) is 36.2 Å². The lowest BCUT2D eigenvalue weighted by molar-refractivity contribution is 0.297. The van der Waals surface area contributed by atoms with Gasteiger partial charge in [-0.15, -0.1) is 0 Å². The minimum Gasteiger partial charge on any atom is -0.490 e. The summed E-state index contributed by atoms with van der Waals surface area (Å²) < 4.78 is 13.1. The SMILES string of the molecule is Cn1cc(NCc2ccc3c(c2)OCCCO3)cn1. The van der Waals surface area contributed by atoms with Crippen molar-refractivity contribution in [3.8, 4) is 11.5 Å². The van der Waals surface area contributed by atoms with Crippen LogP contribution in [0.2, 0.25) is 0 Å². The number of fused-ring (bicyclic) bond motifs is 1. The van der Waals surface area contributed by atoms with Gasteiger partial charge in [0.15, 0.2) is 11.5 Å². The van der Waals surface area contributed by atoms with Crippen LogP contribution in [0.1, 0.15) is 12.0 Å². The first-order valence-corrected chi connectivity index (χ1v) is 6.42. The van der Waals surface area contributed by atoms with Crippen molar-refractivity contribution in [2.45, 2.75) is 13.0 Å². The van der Waals surface area contributed by atoms with Crippen molar-refractivity contribution in [2.24, 2.45) is 7.05 Å². The third-order valence-corrected chi connectivity index (χ3v) is 3.01. The van der Waals surface area contributed by atoms with E-state index in [0.29, 0.717) is 6.61 Å². The van der Waals surface area contributed by atoms with Gasteiger partial charge in [-0.05, 0) is 17.7 Å². The van der Waals surface area contributed by atoms with E-state index < -0.39 is 0 Å². The van der Waals surface area contributed by atoms with Crippen LogP contribution in [0.4, 0.5) is 5.69 Å². The van der Waals surface area contributed by atoms with E-state index in [1.54, 1.807) is 4.68 Å². The highest BCUT2D eigenvalue weighted by atomic mass is 16.5. The van der Waals surface area contributed by atoms with Crippen LogP contribution in [-0.2, 0) is 13.6 Å². The van der Waals surface area contributed by atoms with Gasteiger partial charge in [0, 0.05) is 26.2 Å². The van der Waals surface area contributed by atoms with E-state index in [0.717, 1.165) is 42.3 Å². The standard InChI is InChI=1S/C14H17N3O2/c1-17-10-12(9-16-17)15-8-11-3-4-13-14(7-11)19-6-2-5-18-13/h3-4,7,9-10,15H,2,5-6,8H2,1H3. The van der Waals surface area contributed by atoms with E-state index in [1.165, 1.54) is 0 Å². The first-order chi connectivity index (χ1) is 9.31. The van der Waals surface area contributed by atoms with Gasteiger partial charge in [-0.3, -0.25) is 4.68 Å². The summed E-state index contributed by atoms with van der Waals surface area (Å²) in [6, 6.07) is 6.06. The molecule has 100 valence electrons. The van der Waals surface area contributed by atoms with Crippen molar-refractivity contribution in [2.75, 3.05) is 18.5 Å². The van der Waals surface area contributed by atoms with Crippen LogP contribution in [0, 0.1) is 0 Å². The Bertz CT molecular complexity index is 566. The molecule has 0 unspecified atom stereocenters. The summed E-state index contributed by atoms with van der Waals surface area (Å²) in [5.74, 6) is 1.67. The zero-order valence-corrected chi connectivity index (χ0v) is 10.9. The van der Waals surface area contributed by atoms with E-state index in [4.69, 9.17) is 9.47 Å². The molecule has 0 atom stereocenters. The fourth-order valence-electron chi connectivity index (χ4n) is 2.03. The van der Waals surface area contributed by atoms with Gasteiger partial charge in [-0.2, -0.15) is 5.10 Å². The molecular formula is C14H17N3O2. The van der Waals surface area contributed by atoms with Crippen LogP contribution in [0.15, 0.2) is 30.6 Å². The van der Waals surface area contributed by atoms with E-state index in [9.17, 15) is 0 Å². The Kier molecular flexibility index (Phi) is 3.27. The molecule has 1 aliphatic heterocycles. The molecule has 0 aliphatic carbocycles. The lowest BCUT2D eigenvalue weighted by Gasteiger charge is -2.10. The molecule has 0 bridgehead atoms. The number of benzene rings is 1. The maximum Gasteiger partial charge on any atom is 0.161 e. The lowest BCUT2D eigenvalue weighted by atomic mass is 10.2. The molecule has 0 radical (unpaired) electrons. The second-order valence-corrected chi connectivity index (χ2v) is 4.59. The van der Waals surface area contributed by atoms with Crippen LogP contribution in [-0.4, -0.2) is 23.0 Å². The Morgan fingerprint density at radius 3 is 2.89 bits per heavy atom. The molecular weight excluding hydrogens is 242 g/mol. The van der Waals surface area contributed by atoms with Gasteiger partial charge in [-0.1, -0.05) is 6.07 Å². The molecule has 1 aliphatic rings. The predicted octanol–water partition coefficient (Wildman–Crippen LogP) is 2.19. The maximum absolute atomic E-state index is 5.68. The van der Waals surface area contributed by atoms with Gasteiger partial charge < -0.3 is 14.8 Å². The summed E-state index contributed by atoms with van der Waals surface area (Å²) >= 11 is 0. The van der Waals surface area contributed by atoms with Crippen molar-refractivity contribution < 1.29 is 9.47 Å². The molecule has 0 saturated carbocycles. The highest BCUT2D eigenvalue weighted by Crippen LogP contribution is 2.30. The van der Waals surface area contributed by atoms with Crippen LogP contribution >= 0.6 is 0 Å². The Hall–Kier alpha value is -2.17. The van der Waals surface area contributed by atoms with Gasteiger partial charge >= 0.3 is 0 Å². The van der Waals surface area contributed by atoms with E-state index in [-0.39, 0.29) is 0 Å². The van der Waals surface area contributed by atoms with Crippen LogP contribution in [0.5, 0.6) is 11.5 Å². The van der Waals surface area contributed by atoms with Crippen LogP contribution in [0.25, 0.3) is 0 Å². The molecule has 0 saturated heterocycles. The highest BCUT2D eigenvalue weighted by molar-refractivity contribution is 5.45. The summed E-state index contributed by atoms with van der Waals surface area (Å²) in [6.07, 6.45) is 4.68. The molecule has 5 heteroatoms. The largest absolute Gasteiger partial charge is 0.490 e. The Labute approximate surface area is 112 Å². The minimum atomic E-state index is 0.715. The average Bonchev–Trinajstić information content (AvgIpc) is 2.70. The molecule has 19 heavy (non-hydrogen) atoms. The maximum atomic E-state index is 5.68. The molecule has 0 fully saturated rings. The number of aryl methyl sites for hydroxylation is 1. The Morgan fingerprint density at radius 2 is 2.11 bits per heavy atom. The summed E-state index contributed by atoms with van der Waals surface area (Å²) in [5, 5.41) is 7.45. The fraction of sp³-hybridized carbons (Fsp3) is 0.357. The fourth-order valence-corrected chi connectivity index (χ4v) is 2.03. The number of hydrogen-bond acceptors (Lipinski definition) is 4. The molecule has 0 spiro atoms. The van der Waals surface area contributed by atoms with E-state index in [2.05, 4.69) is 16.5 Å². The highest BCUT2D eigenvalue weighted by Gasteiger charge is 2.10. The van der Waals surface area contributed by atoms with Gasteiger partial charge in [0.2, 0.25) is 0 Å². The molecule has 2 aromatic rings. The number of nitrogens with zero attached hydrogens (tertiary/aromatic N) is 2. The summed E-state index contributed by atoms with van der Waals surface area (Å²) in [6.45, 7) is 2.18. The van der Waals surface area contributed by atoms with Crippen molar-refractivity contribution >= 4 is 5.69 Å². The number of ether oxygens (including phenoxy) is 2. The van der Waals surface area contributed by atoms with Gasteiger partial charge in [-0.25, -0.2) is 0 Å². The molecule has 5 nitrogen and oxygen atoms in total. The number of anilines is 1. The minimum absolute atomic E-state index is 0.715. The van der Waals surface area contributed by atoms with E-state index in [1.807, 2.05) is 31.6 Å². The summed E-state index contributed by atoms with van der Waals surface area (Å²) in [7, 11) is 1.90. The van der Waals surface area contributed by atoms with Gasteiger partial charge in [0.25, 0.3) is 0 Å². The zero-order chi connectivity index (χ0) is 13.1. The lowest BCUT2D eigenvalue weighted by Crippen LogP contribution is -2.00. The number of aromatic nitrogens is 2. The van der Waals surface area contributed by atoms with Gasteiger partial charge in [0.05, 0.1) is 25.1 Å². The molecule has 1 aromatic heterocycles. The molecule has 3 rings (SSSR count). The average molecular weight is 259 g/mol. The van der Waals surface area contributed by atoms with Crippen molar-refractivity contribution in [3.63, 3.8) is 0 Å². The molecule has 1 aromatic carbocycles. The number of rotatable bonds is 3. The van der Waals surface area contributed by atoms with Crippen LogP contribution in [0.3, 0.4) is 0 Å². The van der Waals surface area contributed by atoms with Gasteiger partial charge in [0.1, 0.15) is 0 Å². The third-order valence-electron chi connectivity index (χ3n) is 3.01. The molecule has 0 amide bonds. The van der Waals surface area contributed by atoms with Crippen molar-refractivity contribution in [1.82, 2.24) is 9.78 Å². The quantitative estimate of drug-likeness (QED) is 0.918. The number of nitrogens with one attached hydrogen (secondary N) is 1. The Balaban J connectivity index is 1.69. The third kappa shape index (κ3) is 2.81. The van der Waals surface area contributed by atoms with Crippen molar-refractivity contribution in [1.29, 1.82) is 0 Å². The topological polar surface area (TPSA) is 48.3 Å². The predicted molar refractivity (Wildman–Crippen MR) is 72.6 cm³/mol. The zero-order valence-electron chi connectivity index (χ0n) is 10.9. The smallest absolute Gasteiger partial charge is 0.161 e. The Morgan fingerprint density at radius 1 is 1.26 bits per heavy atom. The summed E-state index contributed by atoms with van der Waals surface area (Å²) in [4.78, 5) is 0.